The number of aromatic nitrogens is 2. The topological polar surface area (TPSA) is 87.3 Å². The van der Waals surface area contributed by atoms with E-state index in [1.54, 1.807) is 35.2 Å². The highest BCUT2D eigenvalue weighted by Gasteiger charge is 2.22. The number of fused-ring (bicyclic) bond motifs is 1. The molecule has 29 heavy (non-hydrogen) atoms. The average Bonchev–Trinajstić information content (AvgIpc) is 3.12. The summed E-state index contributed by atoms with van der Waals surface area (Å²) < 4.78 is 5.18. The third-order valence-corrected chi connectivity index (χ3v) is 5.19. The van der Waals surface area contributed by atoms with Crippen molar-refractivity contribution in [1.29, 1.82) is 0 Å². The van der Waals surface area contributed by atoms with Gasteiger partial charge in [-0.3, -0.25) is 9.59 Å². The predicted octanol–water partition coefficient (Wildman–Crippen LogP) is 3.38. The van der Waals surface area contributed by atoms with Crippen LogP contribution in [-0.2, 0) is 9.53 Å². The number of amides is 2. The lowest BCUT2D eigenvalue weighted by Crippen LogP contribution is -2.42. The van der Waals surface area contributed by atoms with Crippen LogP contribution in [0.3, 0.4) is 0 Å². The molecule has 0 saturated carbocycles. The van der Waals surface area contributed by atoms with Gasteiger partial charge in [-0.2, -0.15) is 0 Å². The van der Waals surface area contributed by atoms with Crippen LogP contribution in [0.5, 0.6) is 0 Å². The van der Waals surface area contributed by atoms with Crippen molar-refractivity contribution < 1.29 is 14.3 Å². The summed E-state index contributed by atoms with van der Waals surface area (Å²) in [6.45, 7) is 4.86. The van der Waals surface area contributed by atoms with Crippen molar-refractivity contribution in [2.24, 2.45) is 0 Å². The Morgan fingerprint density at radius 1 is 1.31 bits per heavy atom. The molecular formula is C21H21ClN4O3. The smallest absolute Gasteiger partial charge is 0.253 e. The van der Waals surface area contributed by atoms with Gasteiger partial charge in [0.2, 0.25) is 0 Å². The first-order valence-electron chi connectivity index (χ1n) is 9.37. The van der Waals surface area contributed by atoms with Gasteiger partial charge < -0.3 is 19.9 Å². The molecule has 0 aliphatic carbocycles. The van der Waals surface area contributed by atoms with Gasteiger partial charge in [0.1, 0.15) is 12.4 Å². The Morgan fingerprint density at radius 2 is 2.14 bits per heavy atom. The minimum absolute atomic E-state index is 0.0739. The molecule has 0 radical (unpaired) electrons. The minimum atomic E-state index is -0.311. The molecule has 0 spiro atoms. The van der Waals surface area contributed by atoms with Gasteiger partial charge in [0.05, 0.1) is 23.7 Å². The summed E-state index contributed by atoms with van der Waals surface area (Å²) in [6.07, 6.45) is 0. The number of morpholine rings is 1. The van der Waals surface area contributed by atoms with Crippen LogP contribution in [0.15, 0.2) is 36.4 Å². The molecule has 8 heteroatoms. The molecule has 4 rings (SSSR count). The lowest BCUT2D eigenvalue weighted by Gasteiger charge is -2.28. The minimum Gasteiger partial charge on any atom is -0.370 e. The molecule has 2 N–H and O–H groups in total. The number of carbonyl (C=O) groups excluding carboxylic acids is 2. The molecule has 7 nitrogen and oxygen atoms in total. The zero-order valence-corrected chi connectivity index (χ0v) is 16.9. The van der Waals surface area contributed by atoms with Crippen LogP contribution in [0.25, 0.3) is 11.0 Å². The van der Waals surface area contributed by atoms with Crippen LogP contribution >= 0.6 is 11.6 Å². The van der Waals surface area contributed by atoms with Gasteiger partial charge in [-0.15, -0.1) is 0 Å². The summed E-state index contributed by atoms with van der Waals surface area (Å²) in [5, 5.41) is 3.57. The van der Waals surface area contributed by atoms with Crippen LogP contribution in [0.1, 0.15) is 34.7 Å². The number of imidazole rings is 1. The van der Waals surface area contributed by atoms with Crippen molar-refractivity contribution >= 4 is 40.1 Å². The summed E-state index contributed by atoms with van der Waals surface area (Å²) >= 11 is 6.01. The fourth-order valence-electron chi connectivity index (χ4n) is 3.42. The maximum absolute atomic E-state index is 12.7. The third-order valence-electron chi connectivity index (χ3n) is 4.96. The van der Waals surface area contributed by atoms with Crippen LogP contribution in [-0.4, -0.2) is 41.5 Å². The molecule has 1 fully saturated rings. The highest BCUT2D eigenvalue weighted by Crippen LogP contribution is 2.24. The number of H-pyrrole nitrogens is 1. The summed E-state index contributed by atoms with van der Waals surface area (Å²) in [7, 11) is 0. The van der Waals surface area contributed by atoms with E-state index in [9.17, 15) is 9.59 Å². The van der Waals surface area contributed by atoms with E-state index >= 15 is 0 Å². The van der Waals surface area contributed by atoms with Gasteiger partial charge in [0, 0.05) is 22.8 Å². The molecule has 1 aromatic heterocycles. The van der Waals surface area contributed by atoms with Gasteiger partial charge in [-0.05, 0) is 55.8 Å². The highest BCUT2D eigenvalue weighted by molar-refractivity contribution is 6.31. The van der Waals surface area contributed by atoms with Crippen molar-refractivity contribution in [2.45, 2.75) is 19.9 Å². The molecule has 3 aromatic rings. The third kappa shape index (κ3) is 3.97. The molecule has 1 unspecified atom stereocenters. The molecule has 2 heterocycles. The zero-order chi connectivity index (χ0) is 20.5. The molecule has 0 bridgehead atoms. The van der Waals surface area contributed by atoms with Gasteiger partial charge >= 0.3 is 0 Å². The monoisotopic (exact) mass is 412 g/mol. The normalized spacial score (nSPS) is 15.6. The van der Waals surface area contributed by atoms with E-state index in [1.165, 1.54) is 0 Å². The van der Waals surface area contributed by atoms with E-state index in [1.807, 2.05) is 19.9 Å². The van der Waals surface area contributed by atoms with Crippen molar-refractivity contribution in [2.75, 3.05) is 24.7 Å². The largest absolute Gasteiger partial charge is 0.370 e. The lowest BCUT2D eigenvalue weighted by atomic mass is 10.1. The number of carbonyl (C=O) groups is 2. The lowest BCUT2D eigenvalue weighted by molar-refractivity contribution is -0.125. The Bertz CT molecular complexity index is 1090. The second-order valence-corrected chi connectivity index (χ2v) is 7.51. The molecule has 1 aliphatic heterocycles. The standard InChI is InChI=1S/C21H21ClN4O3/c1-12-9-14(3-6-18(12)26-7-8-29-11-19(26)27)21(28)23-13(2)20-24-16-5-4-15(22)10-17(16)25-20/h3-6,9-10,13H,7-8,11H2,1-2H3,(H,23,28)(H,24,25). The van der Waals surface area contributed by atoms with E-state index < -0.39 is 0 Å². The summed E-state index contributed by atoms with van der Waals surface area (Å²) in [4.78, 5) is 34.2. The summed E-state index contributed by atoms with van der Waals surface area (Å²) in [6, 6.07) is 10.4. The van der Waals surface area contributed by atoms with Gasteiger partial charge in [0.15, 0.2) is 0 Å². The molecule has 150 valence electrons. The molecule has 1 saturated heterocycles. The SMILES string of the molecule is Cc1cc(C(=O)NC(C)c2nc3cc(Cl)ccc3[nH]2)ccc1N1CCOCC1=O. The number of anilines is 1. The summed E-state index contributed by atoms with van der Waals surface area (Å²) in [5.41, 5.74) is 3.80. The molecule has 1 aliphatic rings. The van der Waals surface area contributed by atoms with Crippen molar-refractivity contribution in [3.8, 4) is 0 Å². The number of hydrogen-bond acceptors (Lipinski definition) is 4. The van der Waals surface area contributed by atoms with Crippen LogP contribution in [0.4, 0.5) is 5.69 Å². The average molecular weight is 413 g/mol. The Hall–Kier alpha value is -2.90. The predicted molar refractivity (Wildman–Crippen MR) is 111 cm³/mol. The maximum atomic E-state index is 12.7. The Morgan fingerprint density at radius 3 is 2.90 bits per heavy atom. The number of benzene rings is 2. The van der Waals surface area contributed by atoms with E-state index in [0.717, 1.165) is 22.3 Å². The molecular weight excluding hydrogens is 392 g/mol. The first-order chi connectivity index (χ1) is 13.9. The first kappa shape index (κ1) is 19.4. The second-order valence-electron chi connectivity index (χ2n) is 7.08. The van der Waals surface area contributed by atoms with E-state index in [4.69, 9.17) is 16.3 Å². The number of aryl methyl sites for hydroxylation is 1. The number of nitrogens with one attached hydrogen (secondary N) is 2. The van der Waals surface area contributed by atoms with Crippen molar-refractivity contribution in [3.63, 3.8) is 0 Å². The summed E-state index contributed by atoms with van der Waals surface area (Å²) in [5.74, 6) is 0.372. The number of rotatable bonds is 4. The number of nitrogens with zero attached hydrogens (tertiary/aromatic N) is 2. The maximum Gasteiger partial charge on any atom is 0.253 e. The van der Waals surface area contributed by atoms with Gasteiger partial charge in [0.25, 0.3) is 11.8 Å². The van der Waals surface area contributed by atoms with Crippen molar-refractivity contribution in [3.05, 3.63) is 58.4 Å². The number of hydrogen-bond donors (Lipinski definition) is 2. The van der Waals surface area contributed by atoms with Crippen molar-refractivity contribution in [1.82, 2.24) is 15.3 Å². The fourth-order valence-corrected chi connectivity index (χ4v) is 3.59. The fraction of sp³-hybridized carbons (Fsp3) is 0.286. The van der Waals surface area contributed by atoms with Crippen LogP contribution < -0.4 is 10.2 Å². The number of ether oxygens (including phenoxy) is 1. The van der Waals surface area contributed by atoms with E-state index in [2.05, 4.69) is 15.3 Å². The Balaban J connectivity index is 1.50. The van der Waals surface area contributed by atoms with Crippen LogP contribution in [0.2, 0.25) is 5.02 Å². The zero-order valence-electron chi connectivity index (χ0n) is 16.2. The Labute approximate surface area is 173 Å². The van der Waals surface area contributed by atoms with Gasteiger partial charge in [-0.25, -0.2) is 4.98 Å². The molecule has 2 amide bonds. The molecule has 1 atom stereocenters. The number of aromatic amines is 1. The number of halogens is 1. The van der Waals surface area contributed by atoms with E-state index in [-0.39, 0.29) is 24.5 Å². The Kier molecular flexibility index (Phi) is 5.25. The van der Waals surface area contributed by atoms with Crippen LogP contribution in [0, 0.1) is 6.92 Å². The quantitative estimate of drug-likeness (QED) is 0.687. The van der Waals surface area contributed by atoms with Gasteiger partial charge in [-0.1, -0.05) is 11.6 Å². The highest BCUT2D eigenvalue weighted by atomic mass is 35.5. The first-order valence-corrected chi connectivity index (χ1v) is 9.75. The second kappa shape index (κ2) is 7.85. The van der Waals surface area contributed by atoms with E-state index in [0.29, 0.717) is 29.6 Å². The molecule has 2 aromatic carbocycles.